The molecule has 1 aliphatic rings. The van der Waals surface area contributed by atoms with Crippen molar-refractivity contribution in [1.82, 2.24) is 15.1 Å². The number of carbonyl (C=O) groups is 1. The number of nitrogens with zero attached hydrogens (tertiary/aromatic N) is 2. The molecule has 1 fully saturated rings. The maximum Gasteiger partial charge on any atom is 0.276 e. The second-order valence-corrected chi connectivity index (χ2v) is 7.87. The average molecular weight is 334 g/mol. The van der Waals surface area contributed by atoms with E-state index in [1.54, 1.807) is 11.8 Å². The summed E-state index contributed by atoms with van der Waals surface area (Å²) in [7, 11) is 1.47. The molecule has 8 heteroatoms. The molecule has 1 aromatic heterocycles. The summed E-state index contributed by atoms with van der Waals surface area (Å²) in [6.45, 7) is 5.76. The molecular weight excluding hydrogens is 314 g/mol. The first-order valence-corrected chi connectivity index (χ1v) is 9.46. The fourth-order valence-corrected chi connectivity index (χ4v) is 4.32. The van der Waals surface area contributed by atoms with Gasteiger partial charge in [0.2, 0.25) is 0 Å². The number of rotatable bonds is 4. The van der Waals surface area contributed by atoms with Gasteiger partial charge in [-0.1, -0.05) is 13.8 Å². The van der Waals surface area contributed by atoms with Crippen LogP contribution in [0.15, 0.2) is 4.90 Å². The highest BCUT2D eigenvalue weighted by molar-refractivity contribution is 8.13. The van der Waals surface area contributed by atoms with Crippen LogP contribution in [0.5, 0.6) is 0 Å². The summed E-state index contributed by atoms with van der Waals surface area (Å²) >= 11 is 0. The smallest absolute Gasteiger partial charge is 0.276 e. The molecular formula is C13H20ClN3O3S. The minimum absolute atomic E-state index is 0.0788. The second kappa shape index (κ2) is 5.96. The Labute approximate surface area is 129 Å². The van der Waals surface area contributed by atoms with Crippen LogP contribution in [0.3, 0.4) is 0 Å². The van der Waals surface area contributed by atoms with Gasteiger partial charge in [-0.3, -0.25) is 9.89 Å². The SMILES string of the molecule is CCc1[nH]nc(C(=O)N2C(C)CCC2CC)c1S(=O)(=O)Cl. The van der Waals surface area contributed by atoms with E-state index in [0.717, 1.165) is 19.3 Å². The fourth-order valence-electron chi connectivity index (χ4n) is 2.98. The minimum Gasteiger partial charge on any atom is -0.332 e. The number of aryl methyl sites for hydroxylation is 1. The molecule has 1 aromatic rings. The van der Waals surface area contributed by atoms with Crippen LogP contribution in [-0.2, 0) is 15.5 Å². The monoisotopic (exact) mass is 333 g/mol. The lowest BCUT2D eigenvalue weighted by Gasteiger charge is -2.27. The fraction of sp³-hybridized carbons (Fsp3) is 0.692. The number of aromatic nitrogens is 2. The first-order chi connectivity index (χ1) is 9.81. The van der Waals surface area contributed by atoms with Crippen molar-refractivity contribution < 1.29 is 13.2 Å². The lowest BCUT2D eigenvalue weighted by molar-refractivity contribution is 0.0666. The molecule has 2 heterocycles. The lowest BCUT2D eigenvalue weighted by Crippen LogP contribution is -2.40. The molecule has 118 valence electrons. The third kappa shape index (κ3) is 2.94. The molecule has 2 atom stereocenters. The predicted molar refractivity (Wildman–Crippen MR) is 79.9 cm³/mol. The van der Waals surface area contributed by atoms with E-state index in [9.17, 15) is 13.2 Å². The number of halogens is 1. The van der Waals surface area contributed by atoms with Crippen molar-refractivity contribution in [3.8, 4) is 0 Å². The van der Waals surface area contributed by atoms with Gasteiger partial charge in [-0.2, -0.15) is 5.10 Å². The maximum atomic E-state index is 12.7. The molecule has 2 unspecified atom stereocenters. The lowest BCUT2D eigenvalue weighted by atomic mass is 10.1. The van der Waals surface area contributed by atoms with E-state index < -0.39 is 9.05 Å². The van der Waals surface area contributed by atoms with Gasteiger partial charge in [0.1, 0.15) is 4.90 Å². The molecule has 1 amide bonds. The Morgan fingerprint density at radius 3 is 2.62 bits per heavy atom. The normalized spacial score (nSPS) is 22.8. The zero-order valence-corrected chi connectivity index (χ0v) is 14.0. The first kappa shape index (κ1) is 16.3. The Morgan fingerprint density at radius 2 is 2.10 bits per heavy atom. The summed E-state index contributed by atoms with van der Waals surface area (Å²) in [4.78, 5) is 14.3. The summed E-state index contributed by atoms with van der Waals surface area (Å²) in [6, 6.07) is 0.204. The zero-order valence-electron chi connectivity index (χ0n) is 12.4. The molecule has 1 aliphatic heterocycles. The molecule has 0 spiro atoms. The molecule has 0 aliphatic carbocycles. The van der Waals surface area contributed by atoms with Gasteiger partial charge in [0, 0.05) is 22.8 Å². The number of amides is 1. The molecule has 1 N–H and O–H groups in total. The van der Waals surface area contributed by atoms with Crippen LogP contribution in [0, 0.1) is 0 Å². The quantitative estimate of drug-likeness (QED) is 0.857. The van der Waals surface area contributed by atoms with E-state index in [0.29, 0.717) is 12.1 Å². The Morgan fingerprint density at radius 1 is 1.43 bits per heavy atom. The van der Waals surface area contributed by atoms with Crippen LogP contribution < -0.4 is 0 Å². The largest absolute Gasteiger partial charge is 0.332 e. The van der Waals surface area contributed by atoms with E-state index in [1.807, 2.05) is 13.8 Å². The molecule has 0 radical (unpaired) electrons. The van der Waals surface area contributed by atoms with E-state index in [4.69, 9.17) is 10.7 Å². The molecule has 21 heavy (non-hydrogen) atoms. The van der Waals surface area contributed by atoms with E-state index in [-0.39, 0.29) is 28.6 Å². The third-order valence-corrected chi connectivity index (χ3v) is 5.47. The van der Waals surface area contributed by atoms with Crippen LogP contribution in [0.1, 0.15) is 56.2 Å². The Bertz CT molecular complexity index is 641. The van der Waals surface area contributed by atoms with Crippen LogP contribution in [-0.4, -0.2) is 41.5 Å². The molecule has 0 bridgehead atoms. The number of hydrogen-bond acceptors (Lipinski definition) is 4. The molecule has 6 nitrogen and oxygen atoms in total. The second-order valence-electron chi connectivity index (χ2n) is 5.37. The van der Waals surface area contributed by atoms with Crippen molar-refractivity contribution in [2.75, 3.05) is 0 Å². The average Bonchev–Trinajstić information content (AvgIpc) is 3.00. The molecule has 0 saturated carbocycles. The topological polar surface area (TPSA) is 83.1 Å². The zero-order chi connectivity index (χ0) is 15.8. The van der Waals surface area contributed by atoms with Crippen LogP contribution in [0.2, 0.25) is 0 Å². The summed E-state index contributed by atoms with van der Waals surface area (Å²) in [6.07, 6.45) is 3.09. The highest BCUT2D eigenvalue weighted by Gasteiger charge is 2.38. The van der Waals surface area contributed by atoms with Gasteiger partial charge in [-0.15, -0.1) is 0 Å². The van der Waals surface area contributed by atoms with Gasteiger partial charge >= 0.3 is 0 Å². The van der Waals surface area contributed by atoms with Gasteiger partial charge in [-0.05, 0) is 32.6 Å². The summed E-state index contributed by atoms with van der Waals surface area (Å²) in [5.74, 6) is -0.359. The van der Waals surface area contributed by atoms with Crippen molar-refractivity contribution in [3.63, 3.8) is 0 Å². The number of nitrogens with one attached hydrogen (secondary N) is 1. The number of aromatic amines is 1. The summed E-state index contributed by atoms with van der Waals surface area (Å²) < 4.78 is 23.6. The van der Waals surface area contributed by atoms with Crippen molar-refractivity contribution in [2.45, 2.75) is 63.4 Å². The molecule has 1 saturated heterocycles. The number of carbonyl (C=O) groups excluding carboxylic acids is 1. The first-order valence-electron chi connectivity index (χ1n) is 7.15. The molecule has 2 rings (SSSR count). The van der Waals surface area contributed by atoms with Crippen molar-refractivity contribution in [1.29, 1.82) is 0 Å². The number of hydrogen-bond donors (Lipinski definition) is 1. The Balaban J connectivity index is 2.47. The van der Waals surface area contributed by atoms with E-state index >= 15 is 0 Å². The van der Waals surface area contributed by atoms with Crippen LogP contribution in [0.25, 0.3) is 0 Å². The van der Waals surface area contributed by atoms with Crippen LogP contribution in [0.4, 0.5) is 0 Å². The van der Waals surface area contributed by atoms with Gasteiger partial charge in [-0.25, -0.2) is 8.42 Å². The summed E-state index contributed by atoms with van der Waals surface area (Å²) in [5.41, 5.74) is 0.280. The van der Waals surface area contributed by atoms with Crippen molar-refractivity contribution in [3.05, 3.63) is 11.4 Å². The standard InChI is InChI=1S/C13H20ClN3O3S/c1-4-9-7-6-8(3)17(9)13(18)11-12(21(14,19)20)10(5-2)15-16-11/h8-9H,4-7H2,1-3H3,(H,15,16). The Kier molecular flexibility index (Phi) is 4.63. The maximum absolute atomic E-state index is 12.7. The van der Waals surface area contributed by atoms with Gasteiger partial charge in [0.05, 0.1) is 5.69 Å². The van der Waals surface area contributed by atoms with Crippen molar-refractivity contribution >= 4 is 25.6 Å². The van der Waals surface area contributed by atoms with Gasteiger partial charge < -0.3 is 4.90 Å². The minimum atomic E-state index is -4.02. The van der Waals surface area contributed by atoms with Gasteiger partial charge in [0.15, 0.2) is 5.69 Å². The highest BCUT2D eigenvalue weighted by Crippen LogP contribution is 2.30. The van der Waals surface area contributed by atoms with Gasteiger partial charge in [0.25, 0.3) is 15.0 Å². The highest BCUT2D eigenvalue weighted by atomic mass is 35.7. The summed E-state index contributed by atoms with van der Waals surface area (Å²) in [5, 5.41) is 6.54. The third-order valence-electron chi connectivity index (χ3n) is 4.08. The van der Waals surface area contributed by atoms with E-state index in [1.165, 1.54) is 0 Å². The van der Waals surface area contributed by atoms with E-state index in [2.05, 4.69) is 10.2 Å². The molecule has 0 aromatic carbocycles. The number of H-pyrrole nitrogens is 1. The van der Waals surface area contributed by atoms with Crippen LogP contribution >= 0.6 is 10.7 Å². The number of likely N-dealkylation sites (tertiary alicyclic amines) is 1. The Hall–Kier alpha value is -1.08. The van der Waals surface area contributed by atoms with Crippen molar-refractivity contribution in [2.24, 2.45) is 0 Å². The predicted octanol–water partition coefficient (Wildman–Crippen LogP) is 2.30.